The van der Waals surface area contributed by atoms with Gasteiger partial charge in [0.1, 0.15) is 16.2 Å². The van der Waals surface area contributed by atoms with Crippen LogP contribution in [0, 0.1) is 0 Å². The normalized spacial score (nSPS) is 12.9. The number of para-hydroxylation sites is 1. The molecule has 0 saturated heterocycles. The Balaban J connectivity index is 0.993. The predicted molar refractivity (Wildman–Crippen MR) is 250 cm³/mol. The molecule has 12 rings (SSSR count). The van der Waals surface area contributed by atoms with Gasteiger partial charge < -0.3 is 4.42 Å². The monoisotopic (exact) mass is 800 g/mol. The molecule has 0 atom stereocenters. The molecule has 0 radical (unpaired) electrons. The molecule has 1 aliphatic carbocycles. The summed E-state index contributed by atoms with van der Waals surface area (Å²) in [4.78, 5) is 20.1. The minimum Gasteiger partial charge on any atom is -0.456 e. The van der Waals surface area contributed by atoms with Gasteiger partial charge in [-0.15, -0.1) is 11.3 Å². The van der Waals surface area contributed by atoms with Crippen molar-refractivity contribution in [3.8, 4) is 78.1 Å². The van der Waals surface area contributed by atoms with E-state index in [9.17, 15) is 0 Å². The summed E-state index contributed by atoms with van der Waals surface area (Å²) in [5.41, 5.74) is 16.0. The molecule has 11 aromatic rings. The Bertz CT molecular complexity index is 3440. The molecule has 0 spiro atoms. The number of fused-ring (bicyclic) bond motifs is 7. The van der Waals surface area contributed by atoms with Crippen LogP contribution in [0.25, 0.3) is 110 Å². The van der Waals surface area contributed by atoms with Gasteiger partial charge in [0.15, 0.2) is 17.5 Å². The molecule has 0 fully saturated rings. The van der Waals surface area contributed by atoms with Crippen LogP contribution in [0.3, 0.4) is 0 Å². The van der Waals surface area contributed by atoms with E-state index in [0.717, 1.165) is 77.0 Å². The first-order valence-corrected chi connectivity index (χ1v) is 21.4. The summed E-state index contributed by atoms with van der Waals surface area (Å²) in [5, 5.41) is 3.26. The third-order valence-corrected chi connectivity index (χ3v) is 13.2. The molecular formula is C55H36N4OS. The highest BCUT2D eigenvalue weighted by molar-refractivity contribution is 7.21. The largest absolute Gasteiger partial charge is 0.456 e. The first kappa shape index (κ1) is 35.4. The third-order valence-electron chi connectivity index (χ3n) is 12.1. The number of furan rings is 1. The second-order valence-electron chi connectivity index (χ2n) is 16.3. The number of aromatic nitrogens is 4. The van der Waals surface area contributed by atoms with E-state index >= 15 is 0 Å². The number of thiazole rings is 1. The van der Waals surface area contributed by atoms with Gasteiger partial charge in [0.05, 0.1) is 10.2 Å². The summed E-state index contributed by atoms with van der Waals surface area (Å²) in [7, 11) is 0. The molecule has 8 aromatic carbocycles. The van der Waals surface area contributed by atoms with Crippen LogP contribution in [0.5, 0.6) is 0 Å². The zero-order chi connectivity index (χ0) is 40.7. The molecule has 0 bridgehead atoms. The molecule has 3 heterocycles. The van der Waals surface area contributed by atoms with Crippen molar-refractivity contribution >= 4 is 43.5 Å². The Morgan fingerprint density at radius 1 is 0.410 bits per heavy atom. The van der Waals surface area contributed by atoms with Crippen molar-refractivity contribution in [2.75, 3.05) is 0 Å². The van der Waals surface area contributed by atoms with E-state index in [1.165, 1.54) is 27.0 Å². The predicted octanol–water partition coefficient (Wildman–Crippen LogP) is 14.7. The van der Waals surface area contributed by atoms with E-state index in [-0.39, 0.29) is 5.41 Å². The zero-order valence-electron chi connectivity index (χ0n) is 33.4. The molecular weight excluding hydrogens is 765 g/mol. The number of hydrogen-bond acceptors (Lipinski definition) is 6. The number of rotatable bonds is 6. The lowest BCUT2D eigenvalue weighted by molar-refractivity contribution is 0.661. The smallest absolute Gasteiger partial charge is 0.164 e. The van der Waals surface area contributed by atoms with Crippen molar-refractivity contribution in [1.82, 2.24) is 19.9 Å². The van der Waals surface area contributed by atoms with Crippen LogP contribution in [0.15, 0.2) is 186 Å². The van der Waals surface area contributed by atoms with Crippen LogP contribution in [0.2, 0.25) is 0 Å². The Kier molecular flexibility index (Phi) is 7.99. The van der Waals surface area contributed by atoms with Crippen LogP contribution in [0.4, 0.5) is 0 Å². The van der Waals surface area contributed by atoms with Crippen molar-refractivity contribution in [3.05, 3.63) is 193 Å². The van der Waals surface area contributed by atoms with Gasteiger partial charge in [0, 0.05) is 38.4 Å². The van der Waals surface area contributed by atoms with Crippen molar-refractivity contribution < 1.29 is 4.42 Å². The maximum Gasteiger partial charge on any atom is 0.164 e. The van der Waals surface area contributed by atoms with Crippen molar-refractivity contribution in [1.29, 1.82) is 0 Å². The van der Waals surface area contributed by atoms with Gasteiger partial charge in [0.2, 0.25) is 0 Å². The van der Waals surface area contributed by atoms with Gasteiger partial charge in [0.25, 0.3) is 0 Å². The Morgan fingerprint density at radius 2 is 1.02 bits per heavy atom. The lowest BCUT2D eigenvalue weighted by Gasteiger charge is -2.22. The van der Waals surface area contributed by atoms with Gasteiger partial charge in [-0.2, -0.15) is 0 Å². The second kappa shape index (κ2) is 13.8. The lowest BCUT2D eigenvalue weighted by Crippen LogP contribution is -2.15. The van der Waals surface area contributed by atoms with Gasteiger partial charge >= 0.3 is 0 Å². The molecule has 5 nitrogen and oxygen atoms in total. The van der Waals surface area contributed by atoms with Gasteiger partial charge in [-0.25, -0.2) is 19.9 Å². The van der Waals surface area contributed by atoms with Gasteiger partial charge in [-0.3, -0.25) is 0 Å². The molecule has 0 unspecified atom stereocenters. The molecule has 6 heteroatoms. The van der Waals surface area contributed by atoms with Crippen LogP contribution in [-0.2, 0) is 5.41 Å². The van der Waals surface area contributed by atoms with E-state index in [1.54, 1.807) is 11.3 Å². The minimum absolute atomic E-state index is 0.211. The molecule has 1 aliphatic rings. The van der Waals surface area contributed by atoms with E-state index in [1.807, 2.05) is 66.7 Å². The first-order valence-electron chi connectivity index (χ1n) is 20.5. The quantitative estimate of drug-likeness (QED) is 0.168. The van der Waals surface area contributed by atoms with Crippen LogP contribution in [0.1, 0.15) is 25.0 Å². The lowest BCUT2D eigenvalue weighted by atomic mass is 9.81. The SMILES string of the molecule is CC1(C)c2cc(-c3cc(-c4cccc(-c5nc(-c6ccccc6)nc(-c6ccccc6)n5)c4)cc4oc5ccccc5c34)ccc2-c2cc3nc(-c4ccccc4)sc3cc21. The van der Waals surface area contributed by atoms with E-state index in [4.69, 9.17) is 24.4 Å². The third kappa shape index (κ3) is 5.90. The molecule has 0 saturated carbocycles. The van der Waals surface area contributed by atoms with Crippen LogP contribution >= 0.6 is 11.3 Å². The molecule has 61 heavy (non-hydrogen) atoms. The summed E-state index contributed by atoms with van der Waals surface area (Å²) in [6.07, 6.45) is 0. The fourth-order valence-corrected chi connectivity index (χ4v) is 10.0. The molecule has 288 valence electrons. The number of hydrogen-bond donors (Lipinski definition) is 0. The molecule has 3 aromatic heterocycles. The standard InChI is InChI=1S/C55H36N4OS/c1-55(2)44-29-37(25-26-40(44)43-31-46-49(32-45(43)55)61-54(56-46)35-19-10-5-11-20-35)42-28-39(30-48-50(42)41-23-12-13-24-47(41)60-48)36-21-14-22-38(27-36)53-58-51(33-15-6-3-7-16-33)57-52(59-53)34-17-8-4-9-18-34/h3-32H,1-2H3. The highest BCUT2D eigenvalue weighted by atomic mass is 32.1. The number of nitrogens with zero attached hydrogens (tertiary/aromatic N) is 4. The summed E-state index contributed by atoms with van der Waals surface area (Å²) in [5.74, 6) is 1.89. The summed E-state index contributed by atoms with van der Waals surface area (Å²) < 4.78 is 7.86. The average Bonchev–Trinajstić information content (AvgIpc) is 3.98. The molecule has 0 N–H and O–H groups in total. The summed E-state index contributed by atoms with van der Waals surface area (Å²) in [6, 6.07) is 63.7. The Labute approximate surface area is 356 Å². The van der Waals surface area contributed by atoms with Crippen molar-refractivity contribution in [2.45, 2.75) is 19.3 Å². The highest BCUT2D eigenvalue weighted by Gasteiger charge is 2.36. The van der Waals surface area contributed by atoms with E-state index < -0.39 is 0 Å². The van der Waals surface area contributed by atoms with Crippen LogP contribution in [-0.4, -0.2) is 19.9 Å². The van der Waals surface area contributed by atoms with Crippen LogP contribution < -0.4 is 0 Å². The van der Waals surface area contributed by atoms with Gasteiger partial charge in [-0.1, -0.05) is 153 Å². The summed E-state index contributed by atoms with van der Waals surface area (Å²) in [6.45, 7) is 4.70. The van der Waals surface area contributed by atoms with Crippen molar-refractivity contribution in [3.63, 3.8) is 0 Å². The highest BCUT2D eigenvalue weighted by Crippen LogP contribution is 2.52. The fourth-order valence-electron chi connectivity index (χ4n) is 9.05. The van der Waals surface area contributed by atoms with Crippen molar-refractivity contribution in [2.24, 2.45) is 0 Å². The molecule has 0 amide bonds. The Hall–Kier alpha value is -7.54. The Morgan fingerprint density at radius 3 is 1.74 bits per heavy atom. The molecule has 0 aliphatic heterocycles. The van der Waals surface area contributed by atoms with Gasteiger partial charge in [-0.05, 0) is 87.0 Å². The maximum absolute atomic E-state index is 6.64. The fraction of sp³-hybridized carbons (Fsp3) is 0.0545. The van der Waals surface area contributed by atoms with E-state index in [2.05, 4.69) is 129 Å². The minimum atomic E-state index is -0.211. The maximum atomic E-state index is 6.64. The summed E-state index contributed by atoms with van der Waals surface area (Å²) >= 11 is 1.76. The second-order valence-corrected chi connectivity index (χ2v) is 17.3. The number of benzene rings is 8. The van der Waals surface area contributed by atoms with E-state index in [0.29, 0.717) is 17.5 Å². The first-order chi connectivity index (χ1) is 29.9. The zero-order valence-corrected chi connectivity index (χ0v) is 34.2. The topological polar surface area (TPSA) is 64.7 Å². The average molecular weight is 801 g/mol.